The summed E-state index contributed by atoms with van der Waals surface area (Å²) in [5, 5.41) is 8.60. The lowest BCUT2D eigenvalue weighted by atomic mass is 9.95. The zero-order chi connectivity index (χ0) is 33.3. The average Bonchev–Trinajstić information content (AvgIpc) is 3.21. The maximum Gasteiger partial charge on any atom is 0.134 e. The van der Waals surface area contributed by atoms with Gasteiger partial charge in [-0.1, -0.05) is 158 Å². The van der Waals surface area contributed by atoms with Gasteiger partial charge in [0, 0.05) is 28.9 Å². The molecule has 3 heteroatoms. The fourth-order valence-corrected chi connectivity index (χ4v) is 6.92. The van der Waals surface area contributed by atoms with E-state index in [2.05, 4.69) is 186 Å². The van der Waals surface area contributed by atoms with Crippen molar-refractivity contribution in [3.05, 3.63) is 205 Å². The van der Waals surface area contributed by atoms with E-state index in [0.29, 0.717) is 0 Å². The molecule has 2 heterocycles. The predicted octanol–water partition coefficient (Wildman–Crippen LogP) is 11.5. The first-order valence-electron chi connectivity index (χ1n) is 17.0. The van der Waals surface area contributed by atoms with Crippen molar-refractivity contribution < 1.29 is 0 Å². The Morgan fingerprint density at radius 2 is 1.04 bits per heavy atom. The Morgan fingerprint density at radius 3 is 1.88 bits per heavy atom. The van der Waals surface area contributed by atoms with Crippen molar-refractivity contribution in [1.82, 2.24) is 10.3 Å². The van der Waals surface area contributed by atoms with Crippen LogP contribution in [0.25, 0.3) is 60.6 Å². The number of amidine groups is 1. The first kappa shape index (κ1) is 29.6. The van der Waals surface area contributed by atoms with Gasteiger partial charge in [0.1, 0.15) is 5.84 Å². The third-order valence-corrected chi connectivity index (χ3v) is 9.60. The van der Waals surface area contributed by atoms with Gasteiger partial charge < -0.3 is 5.32 Å². The second-order valence-corrected chi connectivity index (χ2v) is 12.8. The van der Waals surface area contributed by atoms with Crippen LogP contribution < -0.4 is 5.32 Å². The standard InChI is InChI=1S/C47H33N3/c1-2-9-32(10-3-1)39-14-8-15-41(28-39)47-49-45(36-22-17-34(18-23-36)40-26-19-33-11-4-5-12-38(33)27-40)29-46(50-47)37-24-20-35(21-25-37)44-31-48-30-42-13-6-7-16-43(42)44/h1-31,45H,(H,49,50). The van der Waals surface area contributed by atoms with E-state index in [0.717, 1.165) is 44.7 Å². The Morgan fingerprint density at radius 1 is 0.420 bits per heavy atom. The minimum Gasteiger partial charge on any atom is -0.359 e. The van der Waals surface area contributed by atoms with Gasteiger partial charge in [-0.15, -0.1) is 0 Å². The van der Waals surface area contributed by atoms with Gasteiger partial charge in [-0.25, -0.2) is 4.99 Å². The normalized spacial score (nSPS) is 14.2. The molecular weight excluding hydrogens is 607 g/mol. The number of pyridine rings is 1. The number of fused-ring (bicyclic) bond motifs is 2. The summed E-state index contributed by atoms with van der Waals surface area (Å²) in [7, 11) is 0. The molecular formula is C47H33N3. The third-order valence-electron chi connectivity index (χ3n) is 9.60. The summed E-state index contributed by atoms with van der Waals surface area (Å²) in [6.45, 7) is 0. The Kier molecular flexibility index (Phi) is 7.56. The van der Waals surface area contributed by atoms with E-state index in [4.69, 9.17) is 4.99 Å². The fraction of sp³-hybridized carbons (Fsp3) is 0.0213. The van der Waals surface area contributed by atoms with Gasteiger partial charge in [-0.05, 0) is 73.3 Å². The number of benzene rings is 7. The zero-order valence-electron chi connectivity index (χ0n) is 27.4. The Bertz CT molecular complexity index is 2540. The van der Waals surface area contributed by atoms with Crippen molar-refractivity contribution in [2.45, 2.75) is 6.04 Å². The van der Waals surface area contributed by atoms with Crippen LogP contribution in [0, 0.1) is 0 Å². The molecule has 0 fully saturated rings. The van der Waals surface area contributed by atoms with Gasteiger partial charge in [0.2, 0.25) is 0 Å². The third kappa shape index (κ3) is 5.76. The van der Waals surface area contributed by atoms with Gasteiger partial charge >= 0.3 is 0 Å². The van der Waals surface area contributed by atoms with Gasteiger partial charge in [-0.2, -0.15) is 0 Å². The van der Waals surface area contributed by atoms with Crippen molar-refractivity contribution in [3.63, 3.8) is 0 Å². The summed E-state index contributed by atoms with van der Waals surface area (Å²) in [5.41, 5.74) is 11.2. The molecule has 1 atom stereocenters. The molecule has 1 aliphatic rings. The van der Waals surface area contributed by atoms with Crippen LogP contribution in [0.3, 0.4) is 0 Å². The highest BCUT2D eigenvalue weighted by molar-refractivity contribution is 6.04. The lowest BCUT2D eigenvalue weighted by molar-refractivity contribution is 0.781. The second kappa shape index (κ2) is 12.8. The molecule has 0 bridgehead atoms. The van der Waals surface area contributed by atoms with Crippen LogP contribution in [0.2, 0.25) is 0 Å². The average molecular weight is 640 g/mol. The van der Waals surface area contributed by atoms with Crippen LogP contribution in [0.1, 0.15) is 22.7 Å². The van der Waals surface area contributed by atoms with Crippen LogP contribution in [0.5, 0.6) is 0 Å². The summed E-state index contributed by atoms with van der Waals surface area (Å²) in [4.78, 5) is 9.75. The number of aromatic nitrogens is 1. The Balaban J connectivity index is 1.08. The summed E-state index contributed by atoms with van der Waals surface area (Å²) in [5.74, 6) is 0.853. The predicted molar refractivity (Wildman–Crippen MR) is 209 cm³/mol. The van der Waals surface area contributed by atoms with Crippen molar-refractivity contribution in [2.75, 3.05) is 0 Å². The lowest BCUT2D eigenvalue weighted by Gasteiger charge is -2.25. The molecule has 236 valence electrons. The number of aliphatic imine (C=N–C) groups is 1. The topological polar surface area (TPSA) is 37.3 Å². The summed E-state index contributed by atoms with van der Waals surface area (Å²) in [6.07, 6.45) is 6.11. The summed E-state index contributed by atoms with van der Waals surface area (Å²) < 4.78 is 0. The van der Waals surface area contributed by atoms with Gasteiger partial charge in [0.25, 0.3) is 0 Å². The molecule has 0 spiro atoms. The highest BCUT2D eigenvalue weighted by Crippen LogP contribution is 2.33. The van der Waals surface area contributed by atoms with Crippen LogP contribution in [0.15, 0.2) is 193 Å². The molecule has 0 saturated carbocycles. The maximum absolute atomic E-state index is 5.23. The van der Waals surface area contributed by atoms with Crippen molar-refractivity contribution in [3.8, 4) is 33.4 Å². The molecule has 1 N–H and O–H groups in total. The van der Waals surface area contributed by atoms with Gasteiger partial charge in [0.15, 0.2) is 0 Å². The SMILES string of the molecule is C1=C(c2ccc(-c3cncc4ccccc34)cc2)N=C(c2cccc(-c3ccccc3)c2)NC1c1ccc(-c2ccc3ccccc3c2)cc1. The number of nitrogens with one attached hydrogen (secondary N) is 1. The fourth-order valence-electron chi connectivity index (χ4n) is 6.92. The molecule has 1 unspecified atom stereocenters. The molecule has 3 nitrogen and oxygen atoms in total. The van der Waals surface area contributed by atoms with E-state index in [-0.39, 0.29) is 6.04 Å². The van der Waals surface area contributed by atoms with E-state index in [1.54, 1.807) is 0 Å². The van der Waals surface area contributed by atoms with E-state index in [1.807, 2.05) is 12.4 Å². The molecule has 7 aromatic carbocycles. The molecule has 1 aromatic heterocycles. The van der Waals surface area contributed by atoms with E-state index < -0.39 is 0 Å². The monoisotopic (exact) mass is 639 g/mol. The van der Waals surface area contributed by atoms with Gasteiger partial charge in [-0.3, -0.25) is 4.98 Å². The maximum atomic E-state index is 5.23. The largest absolute Gasteiger partial charge is 0.359 e. The molecule has 0 saturated heterocycles. The van der Waals surface area contributed by atoms with Gasteiger partial charge in [0.05, 0.1) is 11.7 Å². The van der Waals surface area contributed by atoms with Crippen LogP contribution in [0.4, 0.5) is 0 Å². The molecule has 8 aromatic rings. The Labute approximate surface area is 292 Å². The van der Waals surface area contributed by atoms with Crippen LogP contribution in [-0.4, -0.2) is 10.8 Å². The second-order valence-electron chi connectivity index (χ2n) is 12.8. The molecule has 50 heavy (non-hydrogen) atoms. The molecule has 0 aliphatic carbocycles. The smallest absolute Gasteiger partial charge is 0.134 e. The lowest BCUT2D eigenvalue weighted by Crippen LogP contribution is -2.31. The van der Waals surface area contributed by atoms with E-state index >= 15 is 0 Å². The number of hydrogen-bond acceptors (Lipinski definition) is 3. The molecule has 0 radical (unpaired) electrons. The molecule has 0 amide bonds. The number of rotatable bonds is 6. The summed E-state index contributed by atoms with van der Waals surface area (Å²) in [6, 6.07) is 60.3. The number of hydrogen-bond donors (Lipinski definition) is 1. The first-order valence-corrected chi connectivity index (χ1v) is 17.0. The van der Waals surface area contributed by atoms with Crippen molar-refractivity contribution >= 4 is 33.1 Å². The first-order chi connectivity index (χ1) is 24.7. The van der Waals surface area contributed by atoms with Crippen LogP contribution in [-0.2, 0) is 0 Å². The summed E-state index contributed by atoms with van der Waals surface area (Å²) >= 11 is 0. The quantitative estimate of drug-likeness (QED) is 0.197. The van der Waals surface area contributed by atoms with Crippen molar-refractivity contribution in [2.24, 2.45) is 4.99 Å². The number of nitrogens with zero attached hydrogens (tertiary/aromatic N) is 2. The Hall–Kier alpha value is -6.58. The van der Waals surface area contributed by atoms with E-state index in [9.17, 15) is 0 Å². The van der Waals surface area contributed by atoms with Crippen LogP contribution >= 0.6 is 0 Å². The minimum absolute atomic E-state index is 0.0644. The molecule has 9 rings (SSSR count). The van der Waals surface area contributed by atoms with Crippen molar-refractivity contribution in [1.29, 1.82) is 0 Å². The zero-order valence-corrected chi connectivity index (χ0v) is 27.4. The highest BCUT2D eigenvalue weighted by atomic mass is 15.0. The van der Waals surface area contributed by atoms with E-state index in [1.165, 1.54) is 38.4 Å². The minimum atomic E-state index is -0.0644. The highest BCUT2D eigenvalue weighted by Gasteiger charge is 2.20. The molecule has 1 aliphatic heterocycles.